The summed E-state index contributed by atoms with van der Waals surface area (Å²) in [6.45, 7) is 5.85. The van der Waals surface area contributed by atoms with Crippen molar-refractivity contribution in [2.75, 3.05) is 6.61 Å². The maximum absolute atomic E-state index is 12.6. The predicted octanol–water partition coefficient (Wildman–Crippen LogP) is 2.37. The van der Waals surface area contributed by atoms with Crippen molar-refractivity contribution in [1.82, 2.24) is 4.90 Å². The molecular weight excluding hydrogens is 358 g/mol. The van der Waals surface area contributed by atoms with Gasteiger partial charge in [-0.2, -0.15) is 0 Å². The summed E-state index contributed by atoms with van der Waals surface area (Å²) in [5.74, 6) is -0.989. The number of carbonyl (C=O) groups is 2. The van der Waals surface area contributed by atoms with Gasteiger partial charge in [-0.15, -0.1) is 0 Å². The van der Waals surface area contributed by atoms with Gasteiger partial charge in [-0.1, -0.05) is 62.1 Å². The van der Waals surface area contributed by atoms with Gasteiger partial charge in [0.2, 0.25) is 0 Å². The van der Waals surface area contributed by atoms with E-state index in [1.165, 1.54) is 0 Å². The average Bonchev–Trinajstić information content (AvgIpc) is 2.86. The third-order valence-corrected chi connectivity index (χ3v) is 4.85. The van der Waals surface area contributed by atoms with E-state index in [-0.39, 0.29) is 4.32 Å². The van der Waals surface area contributed by atoms with Gasteiger partial charge in [0.05, 0.1) is 16.9 Å². The third kappa shape index (κ3) is 4.70. The summed E-state index contributed by atoms with van der Waals surface area (Å²) >= 11 is 6.30. The fourth-order valence-corrected chi connectivity index (χ4v) is 3.70. The number of ether oxygens (including phenoxy) is 1. The molecule has 5 nitrogen and oxygen atoms in total. The van der Waals surface area contributed by atoms with Crippen LogP contribution in [0.3, 0.4) is 0 Å². The van der Waals surface area contributed by atoms with Crippen molar-refractivity contribution in [2.24, 2.45) is 0 Å². The Labute approximate surface area is 156 Å². The summed E-state index contributed by atoms with van der Waals surface area (Å²) in [6, 6.07) is 6.17. The number of hydrogen-bond donors (Lipinski definition) is 0. The molecule has 7 heteroatoms. The highest BCUT2D eigenvalue weighted by Gasteiger charge is 2.37. The van der Waals surface area contributed by atoms with Gasteiger partial charge < -0.3 is 14.6 Å². The maximum atomic E-state index is 12.6. The molecule has 1 fully saturated rings. The van der Waals surface area contributed by atoms with E-state index >= 15 is 0 Å². The molecule has 1 aromatic carbocycles. The molecule has 1 heterocycles. The van der Waals surface area contributed by atoms with Crippen molar-refractivity contribution in [3.05, 3.63) is 47.4 Å². The van der Waals surface area contributed by atoms with E-state index in [1.54, 1.807) is 24.3 Å². The monoisotopic (exact) mass is 376 g/mol. The smallest absolute Gasteiger partial charge is 0.266 e. The van der Waals surface area contributed by atoms with E-state index in [2.05, 4.69) is 6.58 Å². The number of carbonyl (C=O) groups excluding carboxylic acids is 2. The minimum Gasteiger partial charge on any atom is -0.548 e. The zero-order valence-electron chi connectivity index (χ0n) is 13.8. The van der Waals surface area contributed by atoms with Gasteiger partial charge >= 0.3 is 0 Å². The van der Waals surface area contributed by atoms with Crippen LogP contribution in [-0.2, 0) is 9.59 Å². The van der Waals surface area contributed by atoms with Crippen molar-refractivity contribution in [3.8, 4) is 5.75 Å². The molecular formula is C18H18NO4S2-. The second-order valence-corrected chi connectivity index (χ2v) is 7.02. The summed E-state index contributed by atoms with van der Waals surface area (Å²) in [4.78, 5) is 25.5. The number of hydrogen-bond acceptors (Lipinski definition) is 6. The van der Waals surface area contributed by atoms with Crippen LogP contribution in [0.1, 0.15) is 25.3 Å². The van der Waals surface area contributed by atoms with Crippen molar-refractivity contribution in [2.45, 2.75) is 25.8 Å². The number of thiocarbonyl (C=S) groups is 1. The number of rotatable bonds is 8. The first-order valence-corrected chi connectivity index (χ1v) is 9.02. The molecule has 0 aliphatic carbocycles. The number of aliphatic carboxylic acids is 1. The minimum absolute atomic E-state index is 0.241. The average molecular weight is 376 g/mol. The molecule has 1 aliphatic rings. The third-order valence-electron chi connectivity index (χ3n) is 3.52. The summed E-state index contributed by atoms with van der Waals surface area (Å²) in [5.41, 5.74) is 0.798. The quantitative estimate of drug-likeness (QED) is 0.394. The second kappa shape index (κ2) is 8.82. The fourth-order valence-electron chi connectivity index (χ4n) is 2.34. The summed E-state index contributed by atoms with van der Waals surface area (Å²) in [5, 5.41) is 11.3. The molecule has 1 amide bonds. The lowest BCUT2D eigenvalue weighted by Gasteiger charge is -2.27. The molecule has 1 aromatic rings. The van der Waals surface area contributed by atoms with Gasteiger partial charge in [-0.05, 0) is 30.2 Å². The number of thioether (sulfide) groups is 1. The molecule has 2 rings (SSSR count). The van der Waals surface area contributed by atoms with Gasteiger partial charge in [-0.3, -0.25) is 9.69 Å². The molecule has 0 N–H and O–H groups in total. The molecule has 25 heavy (non-hydrogen) atoms. The van der Waals surface area contributed by atoms with Gasteiger partial charge in [-0.25, -0.2) is 0 Å². The van der Waals surface area contributed by atoms with Gasteiger partial charge in [0.25, 0.3) is 5.91 Å². The number of carboxylic acid groups (broad SMARTS) is 1. The van der Waals surface area contributed by atoms with Crippen LogP contribution in [0.4, 0.5) is 0 Å². The number of carboxylic acids is 1. The molecule has 1 aliphatic heterocycles. The normalized spacial score (nSPS) is 17.0. The van der Waals surface area contributed by atoms with Crippen LogP contribution in [0.15, 0.2) is 41.8 Å². The zero-order valence-corrected chi connectivity index (χ0v) is 15.4. The second-order valence-electron chi connectivity index (χ2n) is 5.34. The van der Waals surface area contributed by atoms with E-state index in [1.807, 2.05) is 19.1 Å². The fraction of sp³-hybridized carbons (Fsp3) is 0.278. The van der Waals surface area contributed by atoms with Crippen molar-refractivity contribution < 1.29 is 19.4 Å². The summed E-state index contributed by atoms with van der Waals surface area (Å²) < 4.78 is 5.65. The lowest BCUT2D eigenvalue weighted by Crippen LogP contribution is -2.49. The molecule has 1 saturated heterocycles. The highest BCUT2D eigenvalue weighted by atomic mass is 32.2. The maximum Gasteiger partial charge on any atom is 0.266 e. The van der Waals surface area contributed by atoms with E-state index < -0.39 is 17.9 Å². The Morgan fingerprint density at radius 3 is 2.68 bits per heavy atom. The molecule has 0 aromatic heterocycles. The zero-order chi connectivity index (χ0) is 18.4. The lowest BCUT2D eigenvalue weighted by atomic mass is 10.1. The first-order chi connectivity index (χ1) is 12.0. The Kier molecular flexibility index (Phi) is 6.78. The van der Waals surface area contributed by atoms with Crippen molar-refractivity contribution in [1.29, 1.82) is 0 Å². The standard InChI is InChI=1S/C18H19NO4S2/c1-3-5-14(17(21)22)19-16(20)15(25-18(19)24)11-12-6-8-13(9-7-12)23-10-4-2/h4,6-9,11,14H,2-3,5,10H2,1H3,(H,21,22)/p-1/b15-11-/t14-/m1/s1. The van der Waals surface area contributed by atoms with Crippen LogP contribution in [0.2, 0.25) is 0 Å². The molecule has 0 saturated carbocycles. The molecule has 132 valence electrons. The van der Waals surface area contributed by atoms with Crippen LogP contribution in [-0.4, -0.2) is 33.7 Å². The number of nitrogens with zero attached hydrogens (tertiary/aromatic N) is 1. The summed E-state index contributed by atoms with van der Waals surface area (Å²) in [6.07, 6.45) is 4.26. The van der Waals surface area contributed by atoms with Crippen LogP contribution >= 0.6 is 24.0 Å². The van der Waals surface area contributed by atoms with Crippen LogP contribution < -0.4 is 9.84 Å². The van der Waals surface area contributed by atoms with Crippen LogP contribution in [0.5, 0.6) is 5.75 Å². The Bertz CT molecular complexity index is 712. The van der Waals surface area contributed by atoms with E-state index in [4.69, 9.17) is 17.0 Å². The van der Waals surface area contributed by atoms with Crippen LogP contribution in [0.25, 0.3) is 6.08 Å². The topological polar surface area (TPSA) is 69.7 Å². The Morgan fingerprint density at radius 2 is 2.12 bits per heavy atom. The van der Waals surface area contributed by atoms with Gasteiger partial charge in [0.15, 0.2) is 0 Å². The van der Waals surface area contributed by atoms with E-state index in [0.29, 0.717) is 30.1 Å². The highest BCUT2D eigenvalue weighted by molar-refractivity contribution is 8.26. The molecule has 0 bridgehead atoms. The Balaban J connectivity index is 2.19. The van der Waals surface area contributed by atoms with Crippen molar-refractivity contribution >= 4 is 46.3 Å². The van der Waals surface area contributed by atoms with E-state index in [0.717, 1.165) is 22.2 Å². The number of benzene rings is 1. The molecule has 0 radical (unpaired) electrons. The number of amides is 1. The van der Waals surface area contributed by atoms with E-state index in [9.17, 15) is 14.7 Å². The van der Waals surface area contributed by atoms with Crippen molar-refractivity contribution in [3.63, 3.8) is 0 Å². The predicted molar refractivity (Wildman–Crippen MR) is 101 cm³/mol. The summed E-state index contributed by atoms with van der Waals surface area (Å²) in [7, 11) is 0. The lowest BCUT2D eigenvalue weighted by molar-refractivity contribution is -0.310. The van der Waals surface area contributed by atoms with Crippen LogP contribution in [0, 0.1) is 0 Å². The minimum atomic E-state index is -1.29. The SMILES string of the molecule is C=CCOc1ccc(/C=C2\SC(=S)N([C@H](CCC)C(=O)[O-])C2=O)cc1. The Hall–Kier alpha value is -2.12. The largest absolute Gasteiger partial charge is 0.548 e. The molecule has 0 unspecified atom stereocenters. The molecule has 0 spiro atoms. The first kappa shape index (κ1) is 19.2. The highest BCUT2D eigenvalue weighted by Crippen LogP contribution is 2.34. The molecule has 1 atom stereocenters. The first-order valence-electron chi connectivity index (χ1n) is 7.79. The Morgan fingerprint density at radius 1 is 1.44 bits per heavy atom. The van der Waals surface area contributed by atoms with Gasteiger partial charge in [0.1, 0.15) is 16.7 Å². The van der Waals surface area contributed by atoms with Gasteiger partial charge in [0, 0.05) is 0 Å².